The number of aromatic nitrogens is 3. The summed E-state index contributed by atoms with van der Waals surface area (Å²) in [5.74, 6) is 2.03. The minimum atomic E-state index is 0.632. The van der Waals surface area contributed by atoms with E-state index in [1.807, 2.05) is 12.1 Å². The summed E-state index contributed by atoms with van der Waals surface area (Å²) in [6.45, 7) is 2.18. The predicted octanol–water partition coefficient (Wildman–Crippen LogP) is 1.67. The molecule has 2 aromatic heterocycles. The molecule has 0 aromatic carbocycles. The Balaban J connectivity index is 1.69. The van der Waals surface area contributed by atoms with Crippen molar-refractivity contribution in [3.8, 4) is 11.4 Å². The van der Waals surface area contributed by atoms with E-state index >= 15 is 0 Å². The second kappa shape index (κ2) is 5.27. The Hall–Kier alpha value is -1.75. The fourth-order valence-corrected chi connectivity index (χ4v) is 2.28. The van der Waals surface area contributed by atoms with Crippen molar-refractivity contribution in [3.63, 3.8) is 0 Å². The van der Waals surface area contributed by atoms with Crippen LogP contribution < -0.4 is 5.32 Å². The SMILES string of the molecule is c1cncc(-c2noc(CC3CCNCC3)n2)c1. The number of hydrogen-bond donors (Lipinski definition) is 1. The summed E-state index contributed by atoms with van der Waals surface area (Å²) in [5.41, 5.74) is 0.901. The largest absolute Gasteiger partial charge is 0.339 e. The highest BCUT2D eigenvalue weighted by atomic mass is 16.5. The molecule has 0 saturated carbocycles. The third-order valence-electron chi connectivity index (χ3n) is 3.31. The standard InChI is InChI=1S/C13H16N4O/c1-2-11(9-15-5-1)13-16-12(18-17-13)8-10-3-6-14-7-4-10/h1-2,5,9-10,14H,3-4,6-8H2. The molecule has 0 atom stereocenters. The van der Waals surface area contributed by atoms with Gasteiger partial charge in [-0.1, -0.05) is 5.16 Å². The summed E-state index contributed by atoms with van der Waals surface area (Å²) in [6, 6.07) is 3.81. The van der Waals surface area contributed by atoms with E-state index in [4.69, 9.17) is 4.52 Å². The zero-order valence-corrected chi connectivity index (χ0v) is 10.2. The Morgan fingerprint density at radius 3 is 3.00 bits per heavy atom. The molecule has 1 fully saturated rings. The maximum Gasteiger partial charge on any atom is 0.227 e. The van der Waals surface area contributed by atoms with Gasteiger partial charge in [-0.2, -0.15) is 4.98 Å². The molecule has 0 radical (unpaired) electrons. The van der Waals surface area contributed by atoms with E-state index in [2.05, 4.69) is 20.4 Å². The summed E-state index contributed by atoms with van der Waals surface area (Å²) in [4.78, 5) is 8.49. The van der Waals surface area contributed by atoms with Crippen LogP contribution in [0, 0.1) is 5.92 Å². The lowest BCUT2D eigenvalue weighted by Gasteiger charge is -2.20. The van der Waals surface area contributed by atoms with Gasteiger partial charge in [0.05, 0.1) is 0 Å². The van der Waals surface area contributed by atoms with Gasteiger partial charge in [0, 0.05) is 24.4 Å². The monoisotopic (exact) mass is 244 g/mol. The molecule has 94 valence electrons. The second-order valence-corrected chi connectivity index (χ2v) is 4.65. The van der Waals surface area contributed by atoms with Crippen LogP contribution in [0.4, 0.5) is 0 Å². The molecule has 1 saturated heterocycles. The molecule has 0 unspecified atom stereocenters. The molecule has 3 rings (SSSR count). The number of rotatable bonds is 3. The number of pyridine rings is 1. The van der Waals surface area contributed by atoms with E-state index in [9.17, 15) is 0 Å². The highest BCUT2D eigenvalue weighted by Crippen LogP contribution is 2.19. The first-order valence-electron chi connectivity index (χ1n) is 6.35. The Bertz CT molecular complexity index is 491. The number of piperidine rings is 1. The van der Waals surface area contributed by atoms with Crippen molar-refractivity contribution in [1.82, 2.24) is 20.4 Å². The van der Waals surface area contributed by atoms with Crippen LogP contribution in [-0.2, 0) is 6.42 Å². The summed E-state index contributed by atoms with van der Waals surface area (Å²) in [6.07, 6.45) is 6.74. The van der Waals surface area contributed by atoms with Gasteiger partial charge in [-0.25, -0.2) is 0 Å². The smallest absolute Gasteiger partial charge is 0.227 e. The van der Waals surface area contributed by atoms with Gasteiger partial charge >= 0.3 is 0 Å². The van der Waals surface area contributed by atoms with Crippen molar-refractivity contribution in [2.75, 3.05) is 13.1 Å². The molecule has 0 spiro atoms. The topological polar surface area (TPSA) is 63.8 Å². The van der Waals surface area contributed by atoms with Crippen LogP contribution in [0.5, 0.6) is 0 Å². The van der Waals surface area contributed by atoms with E-state index < -0.39 is 0 Å². The third-order valence-corrected chi connectivity index (χ3v) is 3.31. The lowest BCUT2D eigenvalue weighted by Crippen LogP contribution is -2.28. The van der Waals surface area contributed by atoms with Gasteiger partial charge in [-0.15, -0.1) is 0 Å². The predicted molar refractivity (Wildman–Crippen MR) is 66.8 cm³/mol. The summed E-state index contributed by atoms with van der Waals surface area (Å²) in [7, 11) is 0. The van der Waals surface area contributed by atoms with Gasteiger partial charge in [-0.05, 0) is 44.0 Å². The Kier molecular flexibility index (Phi) is 3.32. The molecule has 1 aliphatic rings. The molecule has 1 N–H and O–H groups in total. The number of hydrogen-bond acceptors (Lipinski definition) is 5. The van der Waals surface area contributed by atoms with Crippen molar-refractivity contribution in [3.05, 3.63) is 30.4 Å². The van der Waals surface area contributed by atoms with E-state index in [-0.39, 0.29) is 0 Å². The van der Waals surface area contributed by atoms with E-state index in [1.165, 1.54) is 12.8 Å². The molecule has 2 aromatic rings. The zero-order valence-electron chi connectivity index (χ0n) is 10.2. The van der Waals surface area contributed by atoms with E-state index in [0.29, 0.717) is 11.7 Å². The van der Waals surface area contributed by atoms with Gasteiger partial charge in [0.25, 0.3) is 0 Å². The molecule has 5 heteroatoms. The van der Waals surface area contributed by atoms with Crippen LogP contribution in [0.25, 0.3) is 11.4 Å². The van der Waals surface area contributed by atoms with E-state index in [1.54, 1.807) is 12.4 Å². The molecule has 3 heterocycles. The maximum atomic E-state index is 5.31. The van der Waals surface area contributed by atoms with Crippen LogP contribution in [0.1, 0.15) is 18.7 Å². The molecule has 0 bridgehead atoms. The first kappa shape index (κ1) is 11.3. The summed E-state index contributed by atoms with van der Waals surface area (Å²) in [5, 5.41) is 7.37. The molecular formula is C13H16N4O. The quantitative estimate of drug-likeness (QED) is 0.889. The lowest BCUT2D eigenvalue weighted by molar-refractivity contribution is 0.313. The van der Waals surface area contributed by atoms with Crippen molar-refractivity contribution in [2.45, 2.75) is 19.3 Å². The average molecular weight is 244 g/mol. The molecule has 5 nitrogen and oxygen atoms in total. The average Bonchev–Trinajstić information content (AvgIpc) is 2.89. The van der Waals surface area contributed by atoms with Gasteiger partial charge in [0.15, 0.2) is 0 Å². The Morgan fingerprint density at radius 1 is 1.33 bits per heavy atom. The van der Waals surface area contributed by atoms with E-state index in [0.717, 1.165) is 31.0 Å². The van der Waals surface area contributed by atoms with Crippen LogP contribution in [0.3, 0.4) is 0 Å². The lowest BCUT2D eigenvalue weighted by atomic mass is 9.95. The normalized spacial score (nSPS) is 16.9. The van der Waals surface area contributed by atoms with Gasteiger partial charge in [0.2, 0.25) is 11.7 Å². The first-order valence-corrected chi connectivity index (χ1v) is 6.35. The Morgan fingerprint density at radius 2 is 2.22 bits per heavy atom. The van der Waals surface area contributed by atoms with Gasteiger partial charge < -0.3 is 9.84 Å². The van der Waals surface area contributed by atoms with Crippen LogP contribution in [-0.4, -0.2) is 28.2 Å². The minimum absolute atomic E-state index is 0.632. The third kappa shape index (κ3) is 2.56. The van der Waals surface area contributed by atoms with Crippen molar-refractivity contribution >= 4 is 0 Å². The number of nitrogens with one attached hydrogen (secondary N) is 1. The minimum Gasteiger partial charge on any atom is -0.339 e. The molecule has 0 amide bonds. The highest BCUT2D eigenvalue weighted by molar-refractivity contribution is 5.51. The van der Waals surface area contributed by atoms with Crippen molar-refractivity contribution < 1.29 is 4.52 Å². The maximum absolute atomic E-state index is 5.31. The fourth-order valence-electron chi connectivity index (χ4n) is 2.28. The molecule has 0 aliphatic carbocycles. The van der Waals surface area contributed by atoms with Crippen LogP contribution in [0.15, 0.2) is 29.0 Å². The van der Waals surface area contributed by atoms with Crippen LogP contribution >= 0.6 is 0 Å². The van der Waals surface area contributed by atoms with Crippen molar-refractivity contribution in [1.29, 1.82) is 0 Å². The summed E-state index contributed by atoms with van der Waals surface area (Å²) < 4.78 is 5.31. The first-order chi connectivity index (χ1) is 8.92. The highest BCUT2D eigenvalue weighted by Gasteiger charge is 2.17. The molecule has 1 aliphatic heterocycles. The van der Waals surface area contributed by atoms with Gasteiger partial charge in [0.1, 0.15) is 0 Å². The van der Waals surface area contributed by atoms with Crippen LogP contribution in [0.2, 0.25) is 0 Å². The molecular weight excluding hydrogens is 228 g/mol. The Labute approximate surface area is 106 Å². The van der Waals surface area contributed by atoms with Crippen molar-refractivity contribution in [2.24, 2.45) is 5.92 Å². The summed E-state index contributed by atoms with van der Waals surface area (Å²) >= 11 is 0. The second-order valence-electron chi connectivity index (χ2n) is 4.65. The fraction of sp³-hybridized carbons (Fsp3) is 0.462. The van der Waals surface area contributed by atoms with Gasteiger partial charge in [-0.3, -0.25) is 4.98 Å². The molecule has 18 heavy (non-hydrogen) atoms. The number of nitrogens with zero attached hydrogens (tertiary/aromatic N) is 3. The zero-order chi connectivity index (χ0) is 12.2.